The fourth-order valence-corrected chi connectivity index (χ4v) is 2.64. The first kappa shape index (κ1) is 18.9. The number of methoxy groups -OCH3 is 1. The van der Waals surface area contributed by atoms with Crippen LogP contribution < -0.4 is 16.2 Å². The van der Waals surface area contributed by atoms with Crippen molar-refractivity contribution in [3.63, 3.8) is 0 Å². The van der Waals surface area contributed by atoms with Gasteiger partial charge in [0.1, 0.15) is 18.1 Å². The highest BCUT2D eigenvalue weighted by Gasteiger charge is 2.12. The Balaban J connectivity index is 0.00000225. The number of imidazole rings is 1. The lowest BCUT2D eigenvalue weighted by Gasteiger charge is -2.09. The second kappa shape index (κ2) is 8.09. The van der Waals surface area contributed by atoms with E-state index in [2.05, 4.69) is 14.5 Å². The zero-order valence-electron chi connectivity index (χ0n) is 13.6. The van der Waals surface area contributed by atoms with Gasteiger partial charge in [-0.3, -0.25) is 0 Å². The summed E-state index contributed by atoms with van der Waals surface area (Å²) in [4.78, 5) is 8.73. The molecule has 0 saturated heterocycles. The Morgan fingerprint density at radius 1 is 1.20 bits per heavy atom. The number of nitrogens with zero attached hydrogens (tertiary/aromatic N) is 3. The van der Waals surface area contributed by atoms with E-state index in [4.69, 9.17) is 27.8 Å². The third-order valence-electron chi connectivity index (χ3n) is 3.69. The Labute approximate surface area is 156 Å². The molecule has 0 spiro atoms. The molecule has 0 unspecified atom stereocenters. The molecule has 6 nitrogen and oxygen atoms in total. The summed E-state index contributed by atoms with van der Waals surface area (Å²) in [5, 5.41) is 0.708. The lowest BCUT2D eigenvalue weighted by molar-refractivity contribution is 0.415. The van der Waals surface area contributed by atoms with E-state index < -0.39 is 0 Å². The van der Waals surface area contributed by atoms with Crippen LogP contribution in [-0.4, -0.2) is 22.6 Å². The quantitative estimate of drug-likeness (QED) is 0.526. The van der Waals surface area contributed by atoms with Crippen LogP contribution in [0.25, 0.3) is 11.0 Å². The van der Waals surface area contributed by atoms with Crippen molar-refractivity contribution < 1.29 is 4.74 Å². The lowest BCUT2D eigenvalue weighted by atomic mass is 10.2. The van der Waals surface area contributed by atoms with E-state index in [-0.39, 0.29) is 18.4 Å². The molecule has 1 aromatic heterocycles. The van der Waals surface area contributed by atoms with Gasteiger partial charge in [-0.05, 0) is 29.8 Å². The van der Waals surface area contributed by atoms with Gasteiger partial charge in [0, 0.05) is 17.6 Å². The highest BCUT2D eigenvalue weighted by Crippen LogP contribution is 2.23. The van der Waals surface area contributed by atoms with Crippen LogP contribution in [0.2, 0.25) is 5.02 Å². The maximum Gasteiger partial charge on any atom is 0.186 e. The SMILES string of the molecule is COc1ccc2c(c1)nc(CN=C(N)N)n2Cc1ccc(Cl)cc1.Cl. The topological polar surface area (TPSA) is 91.4 Å². The van der Waals surface area contributed by atoms with Crippen molar-refractivity contribution in [2.45, 2.75) is 13.1 Å². The van der Waals surface area contributed by atoms with Crippen molar-refractivity contribution in [2.75, 3.05) is 7.11 Å². The Morgan fingerprint density at radius 3 is 2.56 bits per heavy atom. The minimum absolute atomic E-state index is 0. The zero-order chi connectivity index (χ0) is 17.1. The molecule has 0 aliphatic heterocycles. The van der Waals surface area contributed by atoms with Crippen LogP contribution in [0.15, 0.2) is 47.5 Å². The van der Waals surface area contributed by atoms with Crippen LogP contribution in [0, 0.1) is 0 Å². The summed E-state index contributed by atoms with van der Waals surface area (Å²) in [5.74, 6) is 1.58. The summed E-state index contributed by atoms with van der Waals surface area (Å²) >= 11 is 5.96. The maximum atomic E-state index is 5.96. The minimum atomic E-state index is 0. The van der Waals surface area contributed by atoms with Crippen molar-refractivity contribution in [3.8, 4) is 5.75 Å². The molecule has 25 heavy (non-hydrogen) atoms. The van der Waals surface area contributed by atoms with Gasteiger partial charge in [0.15, 0.2) is 5.96 Å². The Kier molecular flexibility index (Phi) is 6.12. The largest absolute Gasteiger partial charge is 0.497 e. The first-order chi connectivity index (χ1) is 11.6. The van der Waals surface area contributed by atoms with Gasteiger partial charge < -0.3 is 20.8 Å². The van der Waals surface area contributed by atoms with E-state index in [1.165, 1.54) is 0 Å². The number of guanidine groups is 1. The average molecular weight is 380 g/mol. The molecule has 4 N–H and O–H groups in total. The third kappa shape index (κ3) is 4.35. The minimum Gasteiger partial charge on any atom is -0.497 e. The van der Waals surface area contributed by atoms with Crippen LogP contribution >= 0.6 is 24.0 Å². The van der Waals surface area contributed by atoms with Crippen LogP contribution in [0.3, 0.4) is 0 Å². The van der Waals surface area contributed by atoms with Gasteiger partial charge in [-0.1, -0.05) is 23.7 Å². The molecule has 8 heteroatoms. The fraction of sp³-hybridized carbons (Fsp3) is 0.176. The van der Waals surface area contributed by atoms with Gasteiger partial charge in [-0.15, -0.1) is 12.4 Å². The molecule has 0 radical (unpaired) electrons. The molecule has 1 heterocycles. The number of benzene rings is 2. The molecule has 3 rings (SSSR count). The number of nitrogens with two attached hydrogens (primary N) is 2. The van der Waals surface area contributed by atoms with Crippen LogP contribution in [0.5, 0.6) is 5.75 Å². The summed E-state index contributed by atoms with van der Waals surface area (Å²) in [6.45, 7) is 0.961. The molecule has 2 aromatic carbocycles. The highest BCUT2D eigenvalue weighted by molar-refractivity contribution is 6.30. The molecule has 3 aromatic rings. The van der Waals surface area contributed by atoms with E-state index in [1.807, 2.05) is 42.5 Å². The second-order valence-corrected chi connectivity index (χ2v) is 5.77. The monoisotopic (exact) mass is 379 g/mol. The molecule has 0 atom stereocenters. The van der Waals surface area contributed by atoms with Crippen LogP contribution in [0.1, 0.15) is 11.4 Å². The Hall–Kier alpha value is -2.44. The maximum absolute atomic E-state index is 5.96. The van der Waals surface area contributed by atoms with Crippen molar-refractivity contribution in [2.24, 2.45) is 16.5 Å². The van der Waals surface area contributed by atoms with Crippen molar-refractivity contribution in [1.82, 2.24) is 9.55 Å². The average Bonchev–Trinajstić information content (AvgIpc) is 2.91. The fourth-order valence-electron chi connectivity index (χ4n) is 2.52. The Bertz CT molecular complexity index is 886. The first-order valence-corrected chi connectivity index (χ1v) is 7.77. The van der Waals surface area contributed by atoms with Crippen molar-refractivity contribution in [1.29, 1.82) is 0 Å². The predicted molar refractivity (Wildman–Crippen MR) is 104 cm³/mol. The van der Waals surface area contributed by atoms with E-state index in [1.54, 1.807) is 7.11 Å². The lowest BCUT2D eigenvalue weighted by Crippen LogP contribution is -2.23. The molecular formula is C17H19Cl2N5O. The molecule has 0 fully saturated rings. The third-order valence-corrected chi connectivity index (χ3v) is 3.94. The second-order valence-electron chi connectivity index (χ2n) is 5.34. The summed E-state index contributed by atoms with van der Waals surface area (Å²) in [6.07, 6.45) is 0. The van der Waals surface area contributed by atoms with Gasteiger partial charge in [0.05, 0.1) is 18.1 Å². The standard InChI is InChI=1S/C17H18ClN5O.ClH/c1-24-13-6-7-15-14(8-13)22-16(9-21-17(19)20)23(15)10-11-2-4-12(18)5-3-11;/h2-8H,9-10H2,1H3,(H4,19,20,21);1H. The number of aromatic nitrogens is 2. The van der Waals surface area contributed by atoms with Gasteiger partial charge in [-0.25, -0.2) is 9.98 Å². The molecule has 0 bridgehead atoms. The zero-order valence-corrected chi connectivity index (χ0v) is 15.2. The molecule has 0 amide bonds. The van der Waals surface area contributed by atoms with Gasteiger partial charge >= 0.3 is 0 Å². The van der Waals surface area contributed by atoms with Crippen LogP contribution in [0.4, 0.5) is 0 Å². The summed E-state index contributed by atoms with van der Waals surface area (Å²) in [7, 11) is 1.63. The molecule has 0 aliphatic rings. The number of fused-ring (bicyclic) bond motifs is 1. The van der Waals surface area contributed by atoms with E-state index in [9.17, 15) is 0 Å². The molecule has 0 saturated carbocycles. The summed E-state index contributed by atoms with van der Waals surface area (Å²) < 4.78 is 7.36. The van der Waals surface area contributed by atoms with E-state index >= 15 is 0 Å². The number of rotatable bonds is 5. The normalized spacial score (nSPS) is 10.3. The van der Waals surface area contributed by atoms with Gasteiger partial charge in [0.25, 0.3) is 0 Å². The van der Waals surface area contributed by atoms with Gasteiger partial charge in [0.2, 0.25) is 0 Å². The summed E-state index contributed by atoms with van der Waals surface area (Å²) in [6, 6.07) is 13.5. The predicted octanol–water partition coefficient (Wildman–Crippen LogP) is 2.94. The van der Waals surface area contributed by atoms with Crippen molar-refractivity contribution in [3.05, 3.63) is 58.9 Å². The van der Waals surface area contributed by atoms with Gasteiger partial charge in [-0.2, -0.15) is 0 Å². The number of aliphatic imine (C=N–C) groups is 1. The van der Waals surface area contributed by atoms with E-state index in [0.717, 1.165) is 28.2 Å². The number of ether oxygens (including phenoxy) is 1. The molecule has 0 aliphatic carbocycles. The smallest absolute Gasteiger partial charge is 0.186 e. The Morgan fingerprint density at radius 2 is 1.92 bits per heavy atom. The van der Waals surface area contributed by atoms with Crippen molar-refractivity contribution >= 4 is 41.0 Å². The number of hydrogen-bond acceptors (Lipinski definition) is 3. The summed E-state index contributed by atoms with van der Waals surface area (Å²) in [5.41, 5.74) is 13.9. The molecule has 132 valence electrons. The first-order valence-electron chi connectivity index (χ1n) is 7.40. The highest BCUT2D eigenvalue weighted by atomic mass is 35.5. The molecular weight excluding hydrogens is 361 g/mol. The number of hydrogen-bond donors (Lipinski definition) is 2. The number of halogens is 2. The van der Waals surface area contributed by atoms with E-state index in [0.29, 0.717) is 18.1 Å². The van der Waals surface area contributed by atoms with Crippen LogP contribution in [-0.2, 0) is 13.1 Å².